The van der Waals surface area contributed by atoms with Crippen LogP contribution in [0.25, 0.3) is 0 Å². The maximum absolute atomic E-state index is 12.0. The molecular formula is C7H5F3NO. The number of hydrogen-bond donors (Lipinski definition) is 0. The molecule has 0 spiro atoms. The molecule has 0 aliphatic carbocycles. The summed E-state index contributed by atoms with van der Waals surface area (Å²) < 4.78 is 36.5. The molecule has 0 unspecified atom stereocenters. The second-order valence-electron chi connectivity index (χ2n) is 2.22. The molecule has 0 fully saturated rings. The smallest absolute Gasteiger partial charge is 0.313 e. The predicted octanol–water partition coefficient (Wildman–Crippen LogP) is 1.51. The Bertz CT molecular complexity index is 339. The fraction of sp³-hybridized carbons (Fsp3) is 0.143. The molecule has 0 aliphatic rings. The molecule has 1 radical (unpaired) electrons. The van der Waals surface area contributed by atoms with Gasteiger partial charge >= 0.3 is 6.18 Å². The molecule has 0 amide bonds. The van der Waals surface area contributed by atoms with Gasteiger partial charge in [0.15, 0.2) is 0 Å². The van der Waals surface area contributed by atoms with Crippen LogP contribution >= 0.6 is 0 Å². The Kier molecular flexibility index (Phi) is 1.95. The van der Waals surface area contributed by atoms with Crippen LogP contribution in [0.3, 0.4) is 0 Å². The van der Waals surface area contributed by atoms with Gasteiger partial charge in [-0.15, -0.1) is 0 Å². The molecule has 1 aromatic heterocycles. The average molecular weight is 176 g/mol. The number of halogens is 3. The summed E-state index contributed by atoms with van der Waals surface area (Å²) >= 11 is 0. The van der Waals surface area contributed by atoms with Crippen molar-refractivity contribution in [1.29, 1.82) is 0 Å². The number of aromatic nitrogens is 1. The van der Waals surface area contributed by atoms with E-state index in [4.69, 9.17) is 0 Å². The standard InChI is InChI=1S/C7H5F3NO/c1-11-4-5(7(8,9)10)2-3-6(11)12/h2-4H,1H2. The largest absolute Gasteiger partial charge is 0.417 e. The maximum Gasteiger partial charge on any atom is 0.417 e. The molecule has 1 heterocycles. The SMILES string of the molecule is [CH2]n1cc(C(F)(F)F)ccc1=O. The summed E-state index contributed by atoms with van der Waals surface area (Å²) in [6, 6.07) is 1.56. The van der Waals surface area contributed by atoms with Crippen molar-refractivity contribution in [1.82, 2.24) is 4.57 Å². The van der Waals surface area contributed by atoms with E-state index in [1.807, 2.05) is 0 Å². The molecular weight excluding hydrogens is 171 g/mol. The van der Waals surface area contributed by atoms with Gasteiger partial charge in [-0.3, -0.25) is 4.79 Å². The Morgan fingerprint density at radius 2 is 1.92 bits per heavy atom. The number of alkyl halides is 3. The van der Waals surface area contributed by atoms with Gasteiger partial charge in [-0.1, -0.05) is 0 Å². The Morgan fingerprint density at radius 1 is 1.33 bits per heavy atom. The summed E-state index contributed by atoms with van der Waals surface area (Å²) in [5.41, 5.74) is -1.44. The van der Waals surface area contributed by atoms with Gasteiger partial charge in [0.2, 0.25) is 0 Å². The fourth-order valence-corrected chi connectivity index (χ4v) is 0.699. The van der Waals surface area contributed by atoms with Gasteiger partial charge in [0.25, 0.3) is 5.56 Å². The van der Waals surface area contributed by atoms with Gasteiger partial charge in [0.1, 0.15) is 0 Å². The Balaban J connectivity index is 3.23. The molecule has 0 bridgehead atoms. The third-order valence-electron chi connectivity index (χ3n) is 1.31. The molecule has 0 atom stereocenters. The van der Waals surface area contributed by atoms with Crippen molar-refractivity contribution in [2.45, 2.75) is 6.18 Å². The Labute approximate surface area is 66.2 Å². The van der Waals surface area contributed by atoms with E-state index in [0.29, 0.717) is 10.8 Å². The minimum atomic E-state index is -4.42. The highest BCUT2D eigenvalue weighted by Gasteiger charge is 2.30. The van der Waals surface area contributed by atoms with Gasteiger partial charge in [-0.25, -0.2) is 0 Å². The first-order valence-electron chi connectivity index (χ1n) is 3.02. The molecule has 0 aromatic carbocycles. The first-order chi connectivity index (χ1) is 5.41. The summed E-state index contributed by atoms with van der Waals surface area (Å²) in [5.74, 6) is 0. The maximum atomic E-state index is 12.0. The zero-order chi connectivity index (χ0) is 9.35. The zero-order valence-electron chi connectivity index (χ0n) is 5.93. The van der Waals surface area contributed by atoms with Gasteiger partial charge in [0.05, 0.1) is 5.56 Å². The Hall–Kier alpha value is -1.26. The number of pyridine rings is 1. The lowest BCUT2D eigenvalue weighted by Crippen LogP contribution is -2.16. The minimum absolute atomic E-state index is 0.567. The van der Waals surface area contributed by atoms with E-state index >= 15 is 0 Å². The van der Waals surface area contributed by atoms with Crippen LogP contribution in [0, 0.1) is 7.05 Å². The van der Waals surface area contributed by atoms with Crippen molar-refractivity contribution in [2.24, 2.45) is 0 Å². The lowest BCUT2D eigenvalue weighted by Gasteiger charge is -2.06. The van der Waals surface area contributed by atoms with Gasteiger partial charge in [-0.05, 0) is 6.07 Å². The van der Waals surface area contributed by atoms with E-state index in [9.17, 15) is 18.0 Å². The van der Waals surface area contributed by atoms with Crippen molar-refractivity contribution in [3.05, 3.63) is 41.3 Å². The second kappa shape index (κ2) is 2.66. The van der Waals surface area contributed by atoms with Crippen molar-refractivity contribution < 1.29 is 13.2 Å². The van der Waals surface area contributed by atoms with E-state index in [2.05, 4.69) is 7.05 Å². The number of rotatable bonds is 0. The van der Waals surface area contributed by atoms with Crippen LogP contribution in [-0.4, -0.2) is 4.57 Å². The van der Waals surface area contributed by atoms with Crippen LogP contribution < -0.4 is 5.56 Å². The highest BCUT2D eigenvalue weighted by molar-refractivity contribution is 5.13. The summed E-state index contributed by atoms with van der Waals surface area (Å²) in [6.07, 6.45) is -3.77. The predicted molar refractivity (Wildman–Crippen MR) is 36.5 cm³/mol. The summed E-state index contributed by atoms with van der Waals surface area (Å²) in [7, 11) is 3.10. The van der Waals surface area contributed by atoms with Crippen molar-refractivity contribution in [3.63, 3.8) is 0 Å². The van der Waals surface area contributed by atoms with E-state index in [1.165, 1.54) is 0 Å². The molecule has 5 heteroatoms. The molecule has 0 saturated carbocycles. The van der Waals surface area contributed by atoms with Crippen LogP contribution in [0.5, 0.6) is 0 Å². The van der Waals surface area contributed by atoms with Crippen LogP contribution in [-0.2, 0) is 6.18 Å². The first kappa shape index (κ1) is 8.83. The lowest BCUT2D eigenvalue weighted by atomic mass is 10.3. The van der Waals surface area contributed by atoms with Crippen LogP contribution in [0.15, 0.2) is 23.1 Å². The molecule has 1 rings (SSSR count). The van der Waals surface area contributed by atoms with Crippen LogP contribution in [0.2, 0.25) is 0 Å². The molecule has 65 valence electrons. The Morgan fingerprint density at radius 3 is 2.33 bits per heavy atom. The molecule has 0 saturated heterocycles. The summed E-state index contributed by atoms with van der Waals surface area (Å²) in [4.78, 5) is 10.6. The monoisotopic (exact) mass is 176 g/mol. The van der Waals surface area contributed by atoms with E-state index < -0.39 is 17.3 Å². The topological polar surface area (TPSA) is 22.0 Å². The molecule has 1 aromatic rings. The third kappa shape index (κ3) is 1.66. The zero-order valence-corrected chi connectivity index (χ0v) is 5.93. The number of nitrogens with zero attached hydrogens (tertiary/aromatic N) is 1. The molecule has 2 nitrogen and oxygen atoms in total. The lowest BCUT2D eigenvalue weighted by molar-refractivity contribution is -0.138. The average Bonchev–Trinajstić information content (AvgIpc) is 1.92. The van der Waals surface area contributed by atoms with Gasteiger partial charge in [-0.2, -0.15) is 13.2 Å². The van der Waals surface area contributed by atoms with E-state index in [1.54, 1.807) is 0 Å². The van der Waals surface area contributed by atoms with Gasteiger partial charge < -0.3 is 4.57 Å². The second-order valence-corrected chi connectivity index (χ2v) is 2.22. The third-order valence-corrected chi connectivity index (χ3v) is 1.31. The van der Waals surface area contributed by atoms with E-state index in [-0.39, 0.29) is 0 Å². The fourth-order valence-electron chi connectivity index (χ4n) is 0.699. The van der Waals surface area contributed by atoms with E-state index in [0.717, 1.165) is 12.1 Å². The van der Waals surface area contributed by atoms with Crippen LogP contribution in [0.1, 0.15) is 5.56 Å². The summed E-state index contributed by atoms with van der Waals surface area (Å²) in [6.45, 7) is 0. The van der Waals surface area contributed by atoms with Gasteiger partial charge in [0, 0.05) is 19.3 Å². The highest BCUT2D eigenvalue weighted by Crippen LogP contribution is 2.27. The van der Waals surface area contributed by atoms with Crippen molar-refractivity contribution >= 4 is 0 Å². The van der Waals surface area contributed by atoms with Crippen molar-refractivity contribution in [3.8, 4) is 0 Å². The first-order valence-corrected chi connectivity index (χ1v) is 3.02. The molecule has 0 aliphatic heterocycles. The molecule has 12 heavy (non-hydrogen) atoms. The minimum Gasteiger partial charge on any atom is -0.313 e. The van der Waals surface area contributed by atoms with Crippen LogP contribution in [0.4, 0.5) is 13.2 Å². The quantitative estimate of drug-likeness (QED) is 0.587. The highest BCUT2D eigenvalue weighted by atomic mass is 19.4. The van der Waals surface area contributed by atoms with Crippen molar-refractivity contribution in [2.75, 3.05) is 0 Å². The number of hydrogen-bond acceptors (Lipinski definition) is 1. The molecule has 0 N–H and O–H groups in total. The summed E-state index contributed by atoms with van der Waals surface area (Å²) in [5, 5.41) is 0. The normalized spacial score (nSPS) is 11.7.